The zero-order chi connectivity index (χ0) is 14.3. The Kier molecular flexibility index (Phi) is 3.13. The lowest BCUT2D eigenvalue weighted by Crippen LogP contribution is -2.10. The predicted molar refractivity (Wildman–Crippen MR) is 62.9 cm³/mol. The predicted octanol–water partition coefficient (Wildman–Crippen LogP) is 2.38. The van der Waals surface area contributed by atoms with Crippen molar-refractivity contribution >= 4 is 10.0 Å². The van der Waals surface area contributed by atoms with Crippen LogP contribution in [0.3, 0.4) is 0 Å². The number of aromatic nitrogens is 2. The van der Waals surface area contributed by atoms with Crippen molar-refractivity contribution in [3.05, 3.63) is 42.2 Å². The SMILES string of the molecule is CS(=O)(=O)n1ccnc1-c1ccc(C(F)(F)F)cc1. The maximum atomic E-state index is 12.4. The molecule has 1 aromatic heterocycles. The summed E-state index contributed by atoms with van der Waals surface area (Å²) in [6.07, 6.45) is -0.927. The number of benzene rings is 1. The fraction of sp³-hybridized carbons (Fsp3) is 0.182. The lowest BCUT2D eigenvalue weighted by Gasteiger charge is -2.08. The number of halogens is 3. The van der Waals surface area contributed by atoms with Crippen LogP contribution in [0.5, 0.6) is 0 Å². The molecule has 0 saturated carbocycles. The van der Waals surface area contributed by atoms with Gasteiger partial charge in [-0.2, -0.15) is 13.2 Å². The Morgan fingerprint density at radius 2 is 1.74 bits per heavy atom. The van der Waals surface area contributed by atoms with E-state index >= 15 is 0 Å². The minimum Gasteiger partial charge on any atom is -0.236 e. The molecule has 0 saturated heterocycles. The molecule has 0 radical (unpaired) electrons. The van der Waals surface area contributed by atoms with Gasteiger partial charge in [0.2, 0.25) is 10.0 Å². The number of imidazole rings is 1. The van der Waals surface area contributed by atoms with Gasteiger partial charge in [0, 0.05) is 18.0 Å². The third-order valence-corrected chi connectivity index (χ3v) is 3.44. The zero-order valence-electron chi connectivity index (χ0n) is 9.72. The lowest BCUT2D eigenvalue weighted by atomic mass is 10.1. The van der Waals surface area contributed by atoms with Gasteiger partial charge in [-0.05, 0) is 12.1 Å². The normalized spacial score (nSPS) is 12.6. The van der Waals surface area contributed by atoms with Gasteiger partial charge in [0.05, 0.1) is 11.8 Å². The van der Waals surface area contributed by atoms with Crippen molar-refractivity contribution in [1.82, 2.24) is 8.96 Å². The average Bonchev–Trinajstić information content (AvgIpc) is 2.76. The lowest BCUT2D eigenvalue weighted by molar-refractivity contribution is -0.137. The van der Waals surface area contributed by atoms with E-state index in [2.05, 4.69) is 4.98 Å². The monoisotopic (exact) mass is 290 g/mol. The Bertz CT molecular complexity index is 687. The van der Waals surface area contributed by atoms with Gasteiger partial charge >= 0.3 is 6.18 Å². The van der Waals surface area contributed by atoms with Gasteiger partial charge in [-0.15, -0.1) is 0 Å². The van der Waals surface area contributed by atoms with Crippen molar-refractivity contribution in [2.24, 2.45) is 0 Å². The van der Waals surface area contributed by atoms with E-state index in [0.29, 0.717) is 5.56 Å². The highest BCUT2D eigenvalue weighted by atomic mass is 32.2. The maximum Gasteiger partial charge on any atom is 0.416 e. The van der Waals surface area contributed by atoms with E-state index in [1.165, 1.54) is 24.5 Å². The Labute approximate surface area is 107 Å². The summed E-state index contributed by atoms with van der Waals surface area (Å²) in [5.41, 5.74) is -0.503. The molecule has 0 unspecified atom stereocenters. The van der Waals surface area contributed by atoms with Crippen molar-refractivity contribution in [2.75, 3.05) is 6.26 Å². The second-order valence-electron chi connectivity index (χ2n) is 3.88. The van der Waals surface area contributed by atoms with Gasteiger partial charge in [-0.25, -0.2) is 17.4 Å². The largest absolute Gasteiger partial charge is 0.416 e. The molecule has 2 aromatic rings. The molecule has 0 aliphatic heterocycles. The number of nitrogens with zero attached hydrogens (tertiary/aromatic N) is 2. The van der Waals surface area contributed by atoms with Crippen LogP contribution in [0, 0.1) is 0 Å². The molecular formula is C11H9F3N2O2S. The molecule has 19 heavy (non-hydrogen) atoms. The summed E-state index contributed by atoms with van der Waals surface area (Å²) >= 11 is 0. The number of rotatable bonds is 2. The summed E-state index contributed by atoms with van der Waals surface area (Å²) in [6.45, 7) is 0. The second kappa shape index (κ2) is 4.37. The van der Waals surface area contributed by atoms with Crippen molar-refractivity contribution < 1.29 is 21.6 Å². The van der Waals surface area contributed by atoms with Crippen LogP contribution in [0.2, 0.25) is 0 Å². The molecule has 0 spiro atoms. The summed E-state index contributed by atoms with van der Waals surface area (Å²) in [5.74, 6) is 0.0798. The smallest absolute Gasteiger partial charge is 0.236 e. The molecule has 0 N–H and O–H groups in total. The quantitative estimate of drug-likeness (QED) is 0.853. The van der Waals surface area contributed by atoms with Gasteiger partial charge in [-0.1, -0.05) is 12.1 Å². The maximum absolute atomic E-state index is 12.4. The van der Waals surface area contributed by atoms with E-state index in [1.54, 1.807) is 0 Å². The number of alkyl halides is 3. The van der Waals surface area contributed by atoms with Crippen molar-refractivity contribution in [3.63, 3.8) is 0 Å². The summed E-state index contributed by atoms with van der Waals surface area (Å²) < 4.78 is 61.1. The van der Waals surface area contributed by atoms with Crippen LogP contribution in [-0.2, 0) is 16.2 Å². The minimum atomic E-state index is -4.43. The van der Waals surface area contributed by atoms with Crippen LogP contribution in [-0.4, -0.2) is 23.6 Å². The van der Waals surface area contributed by atoms with E-state index < -0.39 is 21.8 Å². The van der Waals surface area contributed by atoms with Crippen LogP contribution in [0.4, 0.5) is 13.2 Å². The van der Waals surface area contributed by atoms with Gasteiger partial charge in [-0.3, -0.25) is 0 Å². The summed E-state index contributed by atoms with van der Waals surface area (Å²) in [6, 6.07) is 4.15. The third-order valence-electron chi connectivity index (χ3n) is 2.44. The Balaban J connectivity index is 2.48. The summed E-state index contributed by atoms with van der Waals surface area (Å²) in [5, 5.41) is 0. The molecule has 0 amide bonds. The molecule has 2 rings (SSSR count). The first-order valence-corrected chi connectivity index (χ1v) is 6.96. The van der Waals surface area contributed by atoms with Gasteiger partial charge in [0.25, 0.3) is 0 Å². The van der Waals surface area contributed by atoms with Crippen molar-refractivity contribution in [2.45, 2.75) is 6.18 Å². The van der Waals surface area contributed by atoms with Gasteiger partial charge < -0.3 is 0 Å². The Morgan fingerprint density at radius 3 is 2.21 bits per heavy atom. The molecule has 102 valence electrons. The van der Waals surface area contributed by atoms with Gasteiger partial charge in [0.15, 0.2) is 5.82 Å². The molecule has 0 bridgehead atoms. The van der Waals surface area contributed by atoms with Crippen LogP contribution in [0.15, 0.2) is 36.7 Å². The first-order chi connectivity index (χ1) is 8.69. The molecule has 0 atom stereocenters. The van der Waals surface area contributed by atoms with E-state index in [0.717, 1.165) is 22.4 Å². The third kappa shape index (κ3) is 2.78. The molecule has 4 nitrogen and oxygen atoms in total. The molecule has 1 aromatic carbocycles. The Morgan fingerprint density at radius 1 is 1.16 bits per heavy atom. The van der Waals surface area contributed by atoms with Gasteiger partial charge in [0.1, 0.15) is 0 Å². The molecule has 0 aliphatic rings. The molecule has 8 heteroatoms. The Hall–Kier alpha value is -1.83. The van der Waals surface area contributed by atoms with Crippen LogP contribution in [0.25, 0.3) is 11.4 Å². The summed E-state index contributed by atoms with van der Waals surface area (Å²) in [7, 11) is -3.54. The molecular weight excluding hydrogens is 281 g/mol. The van der Waals surface area contributed by atoms with Crippen LogP contribution < -0.4 is 0 Å². The summed E-state index contributed by atoms with van der Waals surface area (Å²) in [4.78, 5) is 3.85. The van der Waals surface area contributed by atoms with Crippen molar-refractivity contribution in [1.29, 1.82) is 0 Å². The average molecular weight is 290 g/mol. The molecule has 0 fully saturated rings. The highest BCUT2D eigenvalue weighted by molar-refractivity contribution is 7.89. The fourth-order valence-corrected chi connectivity index (χ4v) is 2.31. The number of hydrogen-bond acceptors (Lipinski definition) is 3. The zero-order valence-corrected chi connectivity index (χ0v) is 10.5. The second-order valence-corrected chi connectivity index (χ2v) is 5.74. The fourth-order valence-electron chi connectivity index (χ4n) is 1.57. The first-order valence-electron chi connectivity index (χ1n) is 5.11. The van der Waals surface area contributed by atoms with E-state index in [4.69, 9.17) is 0 Å². The van der Waals surface area contributed by atoms with E-state index in [1.807, 2.05) is 0 Å². The molecule has 1 heterocycles. The standard InChI is InChI=1S/C11H9F3N2O2S/c1-19(17,18)16-7-6-15-10(16)8-2-4-9(5-3-8)11(12,13)14/h2-7H,1H3. The number of hydrogen-bond donors (Lipinski definition) is 0. The van der Waals surface area contributed by atoms with Crippen LogP contribution >= 0.6 is 0 Å². The minimum absolute atomic E-state index is 0.0798. The van der Waals surface area contributed by atoms with E-state index in [-0.39, 0.29) is 5.82 Å². The topological polar surface area (TPSA) is 52.0 Å². The first kappa shape index (κ1) is 13.6. The van der Waals surface area contributed by atoms with E-state index in [9.17, 15) is 21.6 Å². The highest BCUT2D eigenvalue weighted by Crippen LogP contribution is 2.30. The molecule has 0 aliphatic carbocycles. The highest BCUT2D eigenvalue weighted by Gasteiger charge is 2.30. The van der Waals surface area contributed by atoms with Crippen LogP contribution in [0.1, 0.15) is 5.56 Å². The van der Waals surface area contributed by atoms with Crippen molar-refractivity contribution in [3.8, 4) is 11.4 Å².